The predicted octanol–water partition coefficient (Wildman–Crippen LogP) is 8.21. The van der Waals surface area contributed by atoms with Gasteiger partial charge in [-0.3, -0.25) is 0 Å². The number of fused-ring (bicyclic) bond motifs is 6. The summed E-state index contributed by atoms with van der Waals surface area (Å²) in [7, 11) is 0.352. The maximum absolute atomic E-state index is 10.5. The molecule has 8 aromatic rings. The lowest BCUT2D eigenvalue weighted by Crippen LogP contribution is -2.49. The minimum atomic E-state index is -0.984. The van der Waals surface area contributed by atoms with Gasteiger partial charge in [0.25, 0.3) is 0 Å². The first-order chi connectivity index (χ1) is 22.6. The predicted molar refractivity (Wildman–Crippen MR) is 189 cm³/mol. The number of para-hydroxylation sites is 1. The van der Waals surface area contributed by atoms with Crippen LogP contribution in [0.25, 0.3) is 78.0 Å². The standard InChI is InChI=1S/C39H32BN3O4/c1-38(2,44)39(3,4)47-40-26-16-19-30-29-18-15-25(21-33(29)46-34(30)22-26)37-42-35(23-10-6-5-7-11-23)41-36(43-37)24-14-17-28-27-12-8-9-13-31(27)45-32(28)20-24/h5-22,40,44H,1-4H3. The van der Waals surface area contributed by atoms with Crippen LogP contribution in [0.5, 0.6) is 0 Å². The van der Waals surface area contributed by atoms with Crippen molar-refractivity contribution in [3.8, 4) is 34.2 Å². The summed E-state index contributed by atoms with van der Waals surface area (Å²) in [5, 5.41) is 14.6. The Morgan fingerprint density at radius 2 is 1.02 bits per heavy atom. The second-order valence-corrected chi connectivity index (χ2v) is 13.0. The molecular weight excluding hydrogens is 585 g/mol. The number of aromatic nitrogens is 3. The molecule has 0 saturated carbocycles. The van der Waals surface area contributed by atoms with Crippen molar-refractivity contribution in [1.29, 1.82) is 0 Å². The Kier molecular flexibility index (Phi) is 6.75. The van der Waals surface area contributed by atoms with Crippen molar-refractivity contribution in [1.82, 2.24) is 15.0 Å². The van der Waals surface area contributed by atoms with Crippen LogP contribution in [-0.2, 0) is 4.65 Å². The zero-order valence-electron chi connectivity index (χ0n) is 26.6. The van der Waals surface area contributed by atoms with Crippen molar-refractivity contribution in [3.05, 3.63) is 109 Å². The van der Waals surface area contributed by atoms with Gasteiger partial charge in [0, 0.05) is 38.2 Å². The molecule has 7 nitrogen and oxygen atoms in total. The molecule has 0 spiro atoms. The molecule has 0 saturated heterocycles. The second-order valence-electron chi connectivity index (χ2n) is 13.0. The first-order valence-corrected chi connectivity index (χ1v) is 15.7. The van der Waals surface area contributed by atoms with E-state index < -0.39 is 11.2 Å². The largest absolute Gasteiger partial charge is 0.456 e. The van der Waals surface area contributed by atoms with E-state index in [1.807, 2.05) is 98.8 Å². The molecule has 3 aromatic heterocycles. The lowest BCUT2D eigenvalue weighted by Gasteiger charge is -2.37. The molecule has 0 radical (unpaired) electrons. The van der Waals surface area contributed by atoms with Gasteiger partial charge in [0.1, 0.15) is 22.3 Å². The van der Waals surface area contributed by atoms with Gasteiger partial charge in [0.15, 0.2) is 17.5 Å². The lowest BCUT2D eigenvalue weighted by atomic mass is 9.82. The van der Waals surface area contributed by atoms with Gasteiger partial charge in [0.05, 0.1) is 11.2 Å². The number of benzene rings is 5. The Balaban J connectivity index is 1.20. The number of hydrogen-bond donors (Lipinski definition) is 1. The Labute approximate surface area is 272 Å². The van der Waals surface area contributed by atoms with Crippen molar-refractivity contribution in [2.45, 2.75) is 38.9 Å². The van der Waals surface area contributed by atoms with E-state index in [4.69, 9.17) is 28.4 Å². The van der Waals surface area contributed by atoms with E-state index in [0.717, 1.165) is 66.0 Å². The summed E-state index contributed by atoms with van der Waals surface area (Å²) in [4.78, 5) is 14.8. The van der Waals surface area contributed by atoms with Crippen LogP contribution in [0.15, 0.2) is 118 Å². The van der Waals surface area contributed by atoms with E-state index in [0.29, 0.717) is 25.0 Å². The summed E-state index contributed by atoms with van der Waals surface area (Å²) in [5.74, 6) is 1.68. The van der Waals surface area contributed by atoms with Crippen LogP contribution in [0.2, 0.25) is 0 Å². The molecule has 3 heterocycles. The Bertz CT molecular complexity index is 2440. The number of nitrogens with zero attached hydrogens (tertiary/aromatic N) is 3. The van der Waals surface area contributed by atoms with Crippen LogP contribution >= 0.6 is 0 Å². The number of furan rings is 2. The summed E-state index contributed by atoms with van der Waals surface area (Å²) in [6.45, 7) is 7.29. The number of rotatable bonds is 7. The normalized spacial score (nSPS) is 12.4. The highest BCUT2D eigenvalue weighted by Gasteiger charge is 2.35. The van der Waals surface area contributed by atoms with E-state index in [9.17, 15) is 5.11 Å². The lowest BCUT2D eigenvalue weighted by molar-refractivity contribution is -0.0893. The quantitative estimate of drug-likeness (QED) is 0.180. The summed E-state index contributed by atoms with van der Waals surface area (Å²) in [6, 6.07) is 36.2. The van der Waals surface area contributed by atoms with Crippen LogP contribution in [0.4, 0.5) is 0 Å². The van der Waals surface area contributed by atoms with Crippen LogP contribution in [0.1, 0.15) is 27.7 Å². The smallest absolute Gasteiger partial charge is 0.309 e. The highest BCUT2D eigenvalue weighted by Crippen LogP contribution is 2.34. The third-order valence-corrected chi connectivity index (χ3v) is 9.17. The zero-order chi connectivity index (χ0) is 32.3. The molecule has 47 heavy (non-hydrogen) atoms. The average Bonchev–Trinajstić information content (AvgIpc) is 3.64. The molecule has 0 fully saturated rings. The Morgan fingerprint density at radius 3 is 1.64 bits per heavy atom. The minimum Gasteiger partial charge on any atom is -0.456 e. The molecule has 5 aromatic carbocycles. The van der Waals surface area contributed by atoms with Gasteiger partial charge in [-0.15, -0.1) is 0 Å². The molecule has 0 aliphatic heterocycles. The van der Waals surface area contributed by atoms with E-state index in [1.54, 1.807) is 13.8 Å². The highest BCUT2D eigenvalue weighted by molar-refractivity contribution is 6.47. The van der Waals surface area contributed by atoms with Gasteiger partial charge in [-0.25, -0.2) is 15.0 Å². The van der Waals surface area contributed by atoms with E-state index in [1.165, 1.54) is 0 Å². The molecule has 0 unspecified atom stereocenters. The zero-order valence-corrected chi connectivity index (χ0v) is 26.6. The molecule has 0 amide bonds. The van der Waals surface area contributed by atoms with E-state index in [2.05, 4.69) is 24.3 Å². The maximum Gasteiger partial charge on any atom is 0.309 e. The average molecular weight is 618 g/mol. The summed E-state index contributed by atoms with van der Waals surface area (Å²) in [6.07, 6.45) is 0. The fourth-order valence-electron chi connectivity index (χ4n) is 5.71. The van der Waals surface area contributed by atoms with Crippen LogP contribution in [0, 0.1) is 0 Å². The third-order valence-electron chi connectivity index (χ3n) is 9.17. The topological polar surface area (TPSA) is 94.4 Å². The summed E-state index contributed by atoms with van der Waals surface area (Å²) in [5.41, 5.74) is 4.94. The monoisotopic (exact) mass is 617 g/mol. The van der Waals surface area contributed by atoms with E-state index in [-0.39, 0.29) is 0 Å². The minimum absolute atomic E-state index is 0.352. The van der Waals surface area contributed by atoms with Crippen molar-refractivity contribution < 1.29 is 18.6 Å². The first-order valence-electron chi connectivity index (χ1n) is 15.7. The first kappa shape index (κ1) is 29.1. The van der Waals surface area contributed by atoms with Crippen LogP contribution < -0.4 is 5.46 Å². The molecule has 0 bridgehead atoms. The van der Waals surface area contributed by atoms with Gasteiger partial charge in [-0.05, 0) is 69.6 Å². The van der Waals surface area contributed by atoms with Gasteiger partial charge < -0.3 is 18.6 Å². The molecule has 0 aliphatic rings. The highest BCUT2D eigenvalue weighted by atomic mass is 16.5. The molecule has 0 atom stereocenters. The maximum atomic E-state index is 10.5. The SMILES string of the molecule is CC(C)(O)C(C)(C)OBc1ccc2c(c1)oc1cc(-c3nc(-c4ccccc4)nc(-c4ccc5c(c4)oc4ccccc45)n3)ccc12. The fraction of sp³-hybridized carbons (Fsp3) is 0.154. The van der Waals surface area contributed by atoms with Crippen molar-refractivity contribution in [2.75, 3.05) is 0 Å². The number of hydrogen-bond acceptors (Lipinski definition) is 7. The second kappa shape index (κ2) is 10.9. The fourth-order valence-corrected chi connectivity index (χ4v) is 5.71. The van der Waals surface area contributed by atoms with Crippen molar-refractivity contribution in [2.24, 2.45) is 0 Å². The van der Waals surface area contributed by atoms with Gasteiger partial charge in [-0.1, -0.05) is 72.8 Å². The van der Waals surface area contributed by atoms with Gasteiger partial charge in [-0.2, -0.15) is 0 Å². The Hall–Kier alpha value is -5.31. The van der Waals surface area contributed by atoms with Crippen molar-refractivity contribution >= 4 is 56.8 Å². The number of aliphatic hydroxyl groups is 1. The van der Waals surface area contributed by atoms with Crippen LogP contribution in [-0.4, -0.2) is 38.7 Å². The van der Waals surface area contributed by atoms with E-state index >= 15 is 0 Å². The van der Waals surface area contributed by atoms with Crippen LogP contribution in [0.3, 0.4) is 0 Å². The summed E-state index contributed by atoms with van der Waals surface area (Å²) >= 11 is 0. The van der Waals surface area contributed by atoms with Gasteiger partial charge >= 0.3 is 7.48 Å². The molecular formula is C39H32BN3O4. The Morgan fingerprint density at radius 1 is 0.532 bits per heavy atom. The molecule has 230 valence electrons. The molecule has 1 N–H and O–H groups in total. The molecule has 8 heteroatoms. The van der Waals surface area contributed by atoms with Crippen molar-refractivity contribution in [3.63, 3.8) is 0 Å². The molecule has 0 aliphatic carbocycles. The molecule has 8 rings (SSSR count). The van der Waals surface area contributed by atoms with Gasteiger partial charge in [0.2, 0.25) is 0 Å². The third kappa shape index (κ3) is 5.25. The summed E-state index contributed by atoms with van der Waals surface area (Å²) < 4.78 is 18.6.